The molecule has 1 aromatic heterocycles. The van der Waals surface area contributed by atoms with Crippen molar-refractivity contribution in [3.8, 4) is 0 Å². The van der Waals surface area contributed by atoms with Gasteiger partial charge >= 0.3 is 0 Å². The molecular weight excluding hydrogens is 316 g/mol. The Morgan fingerprint density at radius 3 is 2.24 bits per heavy atom. The van der Waals surface area contributed by atoms with Crippen molar-refractivity contribution in [2.24, 2.45) is 0 Å². The molecule has 0 aliphatic carbocycles. The minimum Gasteiger partial charge on any atom is -0.459 e. The minimum absolute atomic E-state index is 0.156. The molecule has 0 radical (unpaired) electrons. The van der Waals surface area contributed by atoms with E-state index in [1.54, 1.807) is 36.4 Å². The van der Waals surface area contributed by atoms with Crippen LogP contribution in [0.3, 0.4) is 0 Å². The number of Topliss-reactive ketones (excluding diaryl/α,β-unsaturated/α-hetero) is 1. The van der Waals surface area contributed by atoms with E-state index in [0.29, 0.717) is 12.1 Å². The lowest BCUT2D eigenvalue weighted by Crippen LogP contribution is -2.94. The van der Waals surface area contributed by atoms with Crippen molar-refractivity contribution in [3.63, 3.8) is 0 Å². The molecule has 0 fully saturated rings. The van der Waals surface area contributed by atoms with Crippen LogP contribution in [0.4, 0.5) is 0 Å². The second kappa shape index (κ2) is 8.08. The van der Waals surface area contributed by atoms with Crippen LogP contribution in [-0.4, -0.2) is 17.9 Å². The first-order chi connectivity index (χ1) is 12.2. The molecule has 0 saturated carbocycles. The summed E-state index contributed by atoms with van der Waals surface area (Å²) in [5.74, 6) is -0.390. The van der Waals surface area contributed by atoms with E-state index in [9.17, 15) is 9.59 Å². The van der Waals surface area contributed by atoms with Gasteiger partial charge < -0.3 is 9.73 Å². The highest BCUT2D eigenvalue weighted by Gasteiger charge is 2.26. The van der Waals surface area contributed by atoms with Crippen molar-refractivity contribution in [2.75, 3.05) is 0 Å². The number of hydrogen-bond acceptors (Lipinski definition) is 3. The number of furan rings is 1. The highest BCUT2D eigenvalue weighted by molar-refractivity contribution is 6.02. The van der Waals surface area contributed by atoms with Gasteiger partial charge in [-0.25, -0.2) is 0 Å². The van der Waals surface area contributed by atoms with Gasteiger partial charge in [0.05, 0.1) is 6.26 Å². The zero-order valence-corrected chi connectivity index (χ0v) is 13.6. The van der Waals surface area contributed by atoms with Crippen molar-refractivity contribution in [1.29, 1.82) is 0 Å². The molecule has 25 heavy (non-hydrogen) atoms. The summed E-state index contributed by atoms with van der Waals surface area (Å²) in [5.41, 5.74) is 1.62. The zero-order chi connectivity index (χ0) is 17.5. The molecule has 1 atom stereocenters. The summed E-state index contributed by atoms with van der Waals surface area (Å²) in [7, 11) is 0. The summed E-state index contributed by atoms with van der Waals surface area (Å²) >= 11 is 0. The topological polar surface area (TPSA) is 75.9 Å². The van der Waals surface area contributed by atoms with Crippen LogP contribution in [0.1, 0.15) is 26.5 Å². The Kier molecular flexibility index (Phi) is 5.39. The Hall–Kier alpha value is -3.18. The largest absolute Gasteiger partial charge is 0.459 e. The zero-order valence-electron chi connectivity index (χ0n) is 13.6. The fourth-order valence-corrected chi connectivity index (χ4v) is 2.50. The molecule has 1 heterocycles. The standard InChI is InChI=1S/C20H18N2O3/c23-18(16-10-5-2-6-11-16)19(21-14-15-8-3-1-4-9-15)22-20(24)17-12-7-13-25-17/h1-13,19,21H,14H2,(H,22,24)/p+1/t19-/m1/s1. The molecule has 5 heteroatoms. The van der Waals surface area contributed by atoms with Crippen LogP contribution in [0.15, 0.2) is 83.5 Å². The summed E-state index contributed by atoms with van der Waals surface area (Å²) in [6.07, 6.45) is 0.691. The van der Waals surface area contributed by atoms with Gasteiger partial charge in [0.1, 0.15) is 6.54 Å². The highest BCUT2D eigenvalue weighted by Crippen LogP contribution is 2.04. The lowest BCUT2D eigenvalue weighted by molar-refractivity contribution is -0.693. The number of benzene rings is 2. The minimum atomic E-state index is -0.736. The van der Waals surface area contributed by atoms with E-state index in [2.05, 4.69) is 5.32 Å². The first kappa shape index (κ1) is 16.7. The Morgan fingerprint density at radius 2 is 1.60 bits per heavy atom. The maximum absolute atomic E-state index is 12.8. The van der Waals surface area contributed by atoms with Gasteiger partial charge in [-0.15, -0.1) is 0 Å². The van der Waals surface area contributed by atoms with Gasteiger partial charge in [-0.05, 0) is 12.1 Å². The SMILES string of the molecule is O=C(N[C@@H]([NH2+]Cc1ccccc1)C(=O)c1ccccc1)c1ccco1. The Bertz CT molecular complexity index is 815. The third-order valence-corrected chi connectivity index (χ3v) is 3.80. The summed E-state index contributed by atoms with van der Waals surface area (Å²) in [6.45, 7) is 0.572. The van der Waals surface area contributed by atoms with Crippen LogP contribution in [0.5, 0.6) is 0 Å². The Morgan fingerprint density at radius 1 is 0.920 bits per heavy atom. The molecule has 0 spiro atoms. The average molecular weight is 335 g/mol. The van der Waals surface area contributed by atoms with Crippen LogP contribution >= 0.6 is 0 Å². The molecule has 3 aromatic rings. The molecule has 0 aliphatic heterocycles. The summed E-state index contributed by atoms with van der Waals surface area (Å²) < 4.78 is 5.11. The number of nitrogens with two attached hydrogens (primary N) is 1. The first-order valence-corrected chi connectivity index (χ1v) is 8.05. The van der Waals surface area contributed by atoms with Crippen LogP contribution in [0.25, 0.3) is 0 Å². The molecule has 3 N–H and O–H groups in total. The van der Waals surface area contributed by atoms with Crippen LogP contribution in [-0.2, 0) is 6.54 Å². The van der Waals surface area contributed by atoms with Crippen molar-refractivity contribution in [3.05, 3.63) is 95.9 Å². The number of carbonyl (C=O) groups is 2. The summed E-state index contributed by atoms with van der Waals surface area (Å²) in [6, 6.07) is 21.9. The Labute approximate surface area is 145 Å². The summed E-state index contributed by atoms with van der Waals surface area (Å²) in [5, 5.41) is 4.56. The van der Waals surface area contributed by atoms with E-state index >= 15 is 0 Å². The lowest BCUT2D eigenvalue weighted by Gasteiger charge is -2.16. The van der Waals surface area contributed by atoms with Gasteiger partial charge in [0.15, 0.2) is 5.76 Å². The lowest BCUT2D eigenvalue weighted by atomic mass is 10.1. The number of quaternary nitrogens is 1. The highest BCUT2D eigenvalue weighted by atomic mass is 16.3. The average Bonchev–Trinajstić information content (AvgIpc) is 3.21. The normalized spacial score (nSPS) is 11.7. The number of nitrogens with one attached hydrogen (secondary N) is 1. The van der Waals surface area contributed by atoms with Gasteiger partial charge in [-0.2, -0.15) is 0 Å². The third-order valence-electron chi connectivity index (χ3n) is 3.80. The molecule has 3 rings (SSSR count). The number of ketones is 1. The fraction of sp³-hybridized carbons (Fsp3) is 0.100. The van der Waals surface area contributed by atoms with E-state index in [0.717, 1.165) is 5.56 Å². The predicted octanol–water partition coefficient (Wildman–Crippen LogP) is 1.98. The summed E-state index contributed by atoms with van der Waals surface area (Å²) in [4.78, 5) is 25.1. The molecule has 5 nitrogen and oxygen atoms in total. The molecule has 126 valence electrons. The van der Waals surface area contributed by atoms with Gasteiger partial charge in [-0.3, -0.25) is 14.9 Å². The van der Waals surface area contributed by atoms with Gasteiger partial charge in [0, 0.05) is 11.1 Å². The van der Waals surface area contributed by atoms with E-state index in [1.165, 1.54) is 6.26 Å². The van der Waals surface area contributed by atoms with Gasteiger partial charge in [0.2, 0.25) is 11.9 Å². The van der Waals surface area contributed by atoms with E-state index in [1.807, 2.05) is 41.7 Å². The molecular formula is C20H19N2O3+. The molecule has 2 aromatic carbocycles. The second-order valence-corrected chi connectivity index (χ2v) is 5.58. The molecule has 0 bridgehead atoms. The van der Waals surface area contributed by atoms with Gasteiger partial charge in [0.25, 0.3) is 5.91 Å². The number of amides is 1. The van der Waals surface area contributed by atoms with Crippen LogP contribution in [0, 0.1) is 0 Å². The number of hydrogen-bond donors (Lipinski definition) is 2. The maximum Gasteiger partial charge on any atom is 0.291 e. The number of carbonyl (C=O) groups excluding carboxylic acids is 2. The van der Waals surface area contributed by atoms with Crippen molar-refractivity contribution in [1.82, 2.24) is 5.32 Å². The van der Waals surface area contributed by atoms with Gasteiger partial charge in [-0.1, -0.05) is 60.7 Å². The molecule has 0 aliphatic rings. The molecule has 1 amide bonds. The fourth-order valence-electron chi connectivity index (χ4n) is 2.50. The smallest absolute Gasteiger partial charge is 0.291 e. The van der Waals surface area contributed by atoms with Crippen LogP contribution < -0.4 is 10.6 Å². The molecule has 0 saturated heterocycles. The van der Waals surface area contributed by atoms with Crippen molar-refractivity contribution >= 4 is 11.7 Å². The van der Waals surface area contributed by atoms with E-state index in [4.69, 9.17) is 4.42 Å². The predicted molar refractivity (Wildman–Crippen MR) is 92.8 cm³/mol. The van der Waals surface area contributed by atoms with E-state index in [-0.39, 0.29) is 11.5 Å². The van der Waals surface area contributed by atoms with Crippen LogP contribution in [0.2, 0.25) is 0 Å². The van der Waals surface area contributed by atoms with E-state index < -0.39 is 12.1 Å². The number of rotatable bonds is 7. The Balaban J connectivity index is 1.75. The monoisotopic (exact) mass is 335 g/mol. The second-order valence-electron chi connectivity index (χ2n) is 5.58. The molecule has 0 unspecified atom stereocenters. The van der Waals surface area contributed by atoms with Crippen molar-refractivity contribution in [2.45, 2.75) is 12.7 Å². The maximum atomic E-state index is 12.8. The third kappa shape index (κ3) is 4.43. The first-order valence-electron chi connectivity index (χ1n) is 8.05. The van der Waals surface area contributed by atoms with Crippen molar-refractivity contribution < 1.29 is 19.3 Å². The quantitative estimate of drug-likeness (QED) is 0.512.